The van der Waals surface area contributed by atoms with Crippen LogP contribution >= 0.6 is 0 Å². The lowest BCUT2D eigenvalue weighted by Gasteiger charge is -2.41. The summed E-state index contributed by atoms with van der Waals surface area (Å²) in [4.78, 5) is 0. The molecule has 4 atom stereocenters. The second kappa shape index (κ2) is 10.1. The number of rotatable bonds is 6. The van der Waals surface area contributed by atoms with Crippen molar-refractivity contribution >= 4 is 16.8 Å². The average molecular weight is 473 g/mol. The molecule has 2 aliphatic carbocycles. The summed E-state index contributed by atoms with van der Waals surface area (Å²) in [6, 6.07) is 22.9. The summed E-state index contributed by atoms with van der Waals surface area (Å²) in [7, 11) is 0. The smallest absolute Gasteiger partial charge is 0.0123 e. The molecule has 184 valence electrons. The summed E-state index contributed by atoms with van der Waals surface area (Å²) < 4.78 is 0. The molecule has 1 saturated carbocycles. The largest absolute Gasteiger partial charge is 0.0995 e. The van der Waals surface area contributed by atoms with Gasteiger partial charge in [-0.25, -0.2) is 0 Å². The van der Waals surface area contributed by atoms with E-state index in [4.69, 9.17) is 6.58 Å². The predicted molar refractivity (Wildman–Crippen MR) is 157 cm³/mol. The monoisotopic (exact) mass is 472 g/mol. The van der Waals surface area contributed by atoms with Gasteiger partial charge in [-0.3, -0.25) is 0 Å². The van der Waals surface area contributed by atoms with Crippen LogP contribution in [0.25, 0.3) is 16.8 Å². The fraction of sp³-hybridized carbons (Fsp3) is 0.333. The molecule has 4 unspecified atom stereocenters. The van der Waals surface area contributed by atoms with Crippen molar-refractivity contribution in [3.05, 3.63) is 124 Å². The van der Waals surface area contributed by atoms with E-state index < -0.39 is 0 Å². The Labute approximate surface area is 218 Å². The van der Waals surface area contributed by atoms with Gasteiger partial charge in [0, 0.05) is 11.8 Å². The SMILES string of the molecule is C=C1/C(=C\c2ccc3cc(C)ccc3c2)CC2=CC(C)C(C(=C)CCC)C(c3ccc(CC)cc3)C12. The summed E-state index contributed by atoms with van der Waals surface area (Å²) in [5, 5.41) is 2.61. The second-order valence-corrected chi connectivity index (χ2v) is 11.1. The Morgan fingerprint density at radius 3 is 2.42 bits per heavy atom. The van der Waals surface area contributed by atoms with E-state index in [2.05, 4.69) is 107 Å². The van der Waals surface area contributed by atoms with Crippen LogP contribution in [0.15, 0.2) is 102 Å². The molecule has 0 nitrogen and oxygen atoms in total. The predicted octanol–water partition coefficient (Wildman–Crippen LogP) is 10.0. The minimum Gasteiger partial charge on any atom is -0.0995 e. The lowest BCUT2D eigenvalue weighted by Crippen LogP contribution is -2.31. The van der Waals surface area contributed by atoms with Crippen LogP contribution in [-0.2, 0) is 6.42 Å². The van der Waals surface area contributed by atoms with Crippen LogP contribution in [0.5, 0.6) is 0 Å². The normalized spacial score (nSPS) is 24.7. The molecule has 0 aromatic heterocycles. The van der Waals surface area contributed by atoms with Crippen molar-refractivity contribution in [2.45, 2.75) is 59.3 Å². The molecule has 0 heteroatoms. The standard InChI is InChI=1S/C36H40/c1-7-9-24(4)34-25(5)19-33-22-32(21-28-13-17-30-18-23(3)10-14-31(30)20-28)26(6)35(33)36(34)29-15-11-27(8-2)12-16-29/h10-21,25,34-36H,4,6-9,22H2,1-3,5H3/b32-21-. The maximum Gasteiger partial charge on any atom is 0.0123 e. The number of allylic oxidation sites excluding steroid dienone is 5. The molecule has 0 aliphatic heterocycles. The second-order valence-electron chi connectivity index (χ2n) is 11.1. The van der Waals surface area contributed by atoms with Gasteiger partial charge in [0.05, 0.1) is 0 Å². The third-order valence-corrected chi connectivity index (χ3v) is 8.55. The maximum absolute atomic E-state index is 4.73. The summed E-state index contributed by atoms with van der Waals surface area (Å²) >= 11 is 0. The van der Waals surface area contributed by atoms with E-state index in [9.17, 15) is 0 Å². The van der Waals surface area contributed by atoms with E-state index in [0.29, 0.717) is 23.7 Å². The van der Waals surface area contributed by atoms with Crippen LogP contribution < -0.4 is 0 Å². The molecule has 2 aliphatic rings. The van der Waals surface area contributed by atoms with E-state index >= 15 is 0 Å². The van der Waals surface area contributed by atoms with Crippen molar-refractivity contribution in [1.82, 2.24) is 0 Å². The van der Waals surface area contributed by atoms with Gasteiger partial charge in [0.1, 0.15) is 0 Å². The van der Waals surface area contributed by atoms with Gasteiger partial charge in [0.15, 0.2) is 0 Å². The highest BCUT2D eigenvalue weighted by molar-refractivity contribution is 5.86. The third-order valence-electron chi connectivity index (χ3n) is 8.55. The number of hydrogen-bond donors (Lipinski definition) is 0. The summed E-state index contributed by atoms with van der Waals surface area (Å²) in [5.74, 6) is 1.71. The van der Waals surface area contributed by atoms with Gasteiger partial charge in [-0.1, -0.05) is 124 Å². The zero-order valence-corrected chi connectivity index (χ0v) is 22.5. The molecular weight excluding hydrogens is 432 g/mol. The zero-order chi connectivity index (χ0) is 25.4. The molecule has 1 fully saturated rings. The van der Waals surface area contributed by atoms with E-state index in [1.165, 1.54) is 49.7 Å². The summed E-state index contributed by atoms with van der Waals surface area (Å²) in [6.07, 6.45) is 9.28. The van der Waals surface area contributed by atoms with E-state index in [1.54, 1.807) is 5.57 Å². The van der Waals surface area contributed by atoms with E-state index in [1.807, 2.05) is 0 Å². The van der Waals surface area contributed by atoms with Crippen molar-refractivity contribution < 1.29 is 0 Å². The first kappa shape index (κ1) is 24.6. The molecule has 0 saturated heterocycles. The van der Waals surface area contributed by atoms with Crippen LogP contribution in [-0.4, -0.2) is 0 Å². The summed E-state index contributed by atoms with van der Waals surface area (Å²) in [6.45, 7) is 18.4. The fourth-order valence-electron chi connectivity index (χ4n) is 6.76. The van der Waals surface area contributed by atoms with Crippen molar-refractivity contribution in [3.8, 4) is 0 Å². The highest BCUT2D eigenvalue weighted by Crippen LogP contribution is 2.57. The highest BCUT2D eigenvalue weighted by Gasteiger charge is 2.45. The number of aryl methyl sites for hydroxylation is 2. The number of benzene rings is 3. The Bertz CT molecular complexity index is 1360. The molecule has 0 amide bonds. The molecule has 36 heavy (non-hydrogen) atoms. The highest BCUT2D eigenvalue weighted by atomic mass is 14.5. The number of hydrogen-bond acceptors (Lipinski definition) is 0. The van der Waals surface area contributed by atoms with Gasteiger partial charge in [-0.05, 0) is 82.7 Å². The van der Waals surface area contributed by atoms with E-state index in [-0.39, 0.29) is 0 Å². The quantitative estimate of drug-likeness (QED) is 0.313. The summed E-state index contributed by atoms with van der Waals surface area (Å²) in [5.41, 5.74) is 11.1. The lowest BCUT2D eigenvalue weighted by atomic mass is 9.62. The van der Waals surface area contributed by atoms with Gasteiger partial charge >= 0.3 is 0 Å². The molecule has 3 aromatic carbocycles. The van der Waals surface area contributed by atoms with Crippen molar-refractivity contribution in [2.24, 2.45) is 17.8 Å². The topological polar surface area (TPSA) is 0 Å². The Hall–Kier alpha value is -3.12. The van der Waals surface area contributed by atoms with Gasteiger partial charge < -0.3 is 0 Å². The first-order chi connectivity index (χ1) is 17.4. The Kier molecular flexibility index (Phi) is 6.89. The Morgan fingerprint density at radius 2 is 1.69 bits per heavy atom. The zero-order valence-electron chi connectivity index (χ0n) is 22.5. The first-order valence-corrected chi connectivity index (χ1v) is 13.8. The minimum absolute atomic E-state index is 0.363. The minimum atomic E-state index is 0.363. The molecule has 0 heterocycles. The van der Waals surface area contributed by atoms with Crippen LogP contribution in [0.4, 0.5) is 0 Å². The Balaban J connectivity index is 1.55. The van der Waals surface area contributed by atoms with Crippen LogP contribution in [0.3, 0.4) is 0 Å². The molecule has 3 aromatic rings. The van der Waals surface area contributed by atoms with E-state index in [0.717, 1.165) is 25.7 Å². The van der Waals surface area contributed by atoms with Crippen LogP contribution in [0.1, 0.15) is 68.2 Å². The third kappa shape index (κ3) is 4.55. The van der Waals surface area contributed by atoms with Gasteiger partial charge in [-0.15, -0.1) is 0 Å². The fourth-order valence-corrected chi connectivity index (χ4v) is 6.76. The number of fused-ring (bicyclic) bond motifs is 2. The molecule has 0 N–H and O–H groups in total. The van der Waals surface area contributed by atoms with Gasteiger partial charge in [0.25, 0.3) is 0 Å². The lowest BCUT2D eigenvalue weighted by molar-refractivity contribution is 0.322. The van der Waals surface area contributed by atoms with Gasteiger partial charge in [0.2, 0.25) is 0 Å². The van der Waals surface area contributed by atoms with Crippen molar-refractivity contribution in [1.29, 1.82) is 0 Å². The molecule has 5 rings (SSSR count). The molecule has 0 spiro atoms. The van der Waals surface area contributed by atoms with Crippen LogP contribution in [0, 0.1) is 24.7 Å². The van der Waals surface area contributed by atoms with Crippen molar-refractivity contribution in [3.63, 3.8) is 0 Å². The first-order valence-electron chi connectivity index (χ1n) is 13.8. The molecule has 0 bridgehead atoms. The Morgan fingerprint density at radius 1 is 0.972 bits per heavy atom. The maximum atomic E-state index is 4.73. The van der Waals surface area contributed by atoms with Crippen molar-refractivity contribution in [2.75, 3.05) is 0 Å². The molecule has 0 radical (unpaired) electrons. The molecular formula is C36H40. The van der Waals surface area contributed by atoms with Gasteiger partial charge in [-0.2, -0.15) is 0 Å². The average Bonchev–Trinajstić information content (AvgIpc) is 3.17. The van der Waals surface area contributed by atoms with Crippen LogP contribution in [0.2, 0.25) is 0 Å².